The maximum absolute atomic E-state index is 12.9. The largest absolute Gasteiger partial charge is 0.461 e. The summed E-state index contributed by atoms with van der Waals surface area (Å²) < 4.78 is 43.4. The molecule has 1 aliphatic rings. The van der Waals surface area contributed by atoms with Gasteiger partial charge in [0.25, 0.3) is 0 Å². The van der Waals surface area contributed by atoms with Gasteiger partial charge in [-0.25, -0.2) is 0 Å². The Labute approximate surface area is 104 Å². The van der Waals surface area contributed by atoms with Gasteiger partial charge in [-0.2, -0.15) is 13.2 Å². The smallest absolute Gasteiger partial charge is 0.421 e. The van der Waals surface area contributed by atoms with Crippen molar-refractivity contribution in [3.63, 3.8) is 0 Å². The lowest BCUT2D eigenvalue weighted by Gasteiger charge is -2.11. The zero-order chi connectivity index (χ0) is 12.5. The van der Waals surface area contributed by atoms with Crippen LogP contribution in [-0.4, -0.2) is 23.5 Å². The van der Waals surface area contributed by atoms with Crippen molar-refractivity contribution in [1.82, 2.24) is 0 Å². The van der Waals surface area contributed by atoms with E-state index >= 15 is 0 Å². The van der Waals surface area contributed by atoms with Gasteiger partial charge in [-0.05, 0) is 12.1 Å². The molecule has 0 saturated carbocycles. The Balaban J connectivity index is 2.42. The van der Waals surface area contributed by atoms with Gasteiger partial charge in [-0.1, -0.05) is 0 Å². The molecular formula is C10H7F3O2S2. The van der Waals surface area contributed by atoms with Crippen molar-refractivity contribution < 1.29 is 22.4 Å². The quantitative estimate of drug-likeness (QED) is 0.610. The molecule has 1 aromatic heterocycles. The highest BCUT2D eigenvalue weighted by Crippen LogP contribution is 2.44. The lowest BCUT2D eigenvalue weighted by Crippen LogP contribution is -2.21. The van der Waals surface area contributed by atoms with Crippen LogP contribution >= 0.6 is 23.5 Å². The van der Waals surface area contributed by atoms with Crippen molar-refractivity contribution >= 4 is 29.3 Å². The molecule has 1 aliphatic heterocycles. The molecule has 7 heteroatoms. The van der Waals surface area contributed by atoms with Crippen molar-refractivity contribution in [2.45, 2.75) is 6.18 Å². The number of furan rings is 1. The van der Waals surface area contributed by atoms with Crippen LogP contribution in [0.4, 0.5) is 13.2 Å². The molecule has 0 atom stereocenters. The minimum atomic E-state index is -4.65. The number of hydrogen-bond acceptors (Lipinski definition) is 4. The van der Waals surface area contributed by atoms with E-state index in [-0.39, 0.29) is 10.00 Å². The summed E-state index contributed by atoms with van der Waals surface area (Å²) >= 11 is 2.13. The van der Waals surface area contributed by atoms with Crippen molar-refractivity contribution in [1.29, 1.82) is 0 Å². The minimum Gasteiger partial charge on any atom is -0.461 e. The van der Waals surface area contributed by atoms with Gasteiger partial charge in [0, 0.05) is 11.5 Å². The summed E-state index contributed by atoms with van der Waals surface area (Å²) in [4.78, 5) is 11.7. The number of allylic oxidation sites excluding steroid dienone is 1. The van der Waals surface area contributed by atoms with E-state index in [0.29, 0.717) is 11.5 Å². The molecule has 2 rings (SSSR count). The van der Waals surface area contributed by atoms with Gasteiger partial charge in [-0.3, -0.25) is 4.79 Å². The number of Topliss-reactive ketones (excluding diaryl/α,β-unsaturated/α-hetero) is 1. The summed E-state index contributed by atoms with van der Waals surface area (Å²) in [6, 6.07) is 2.62. The Morgan fingerprint density at radius 2 is 1.94 bits per heavy atom. The first-order valence-corrected chi connectivity index (χ1v) is 6.62. The first kappa shape index (κ1) is 12.6. The number of carbonyl (C=O) groups is 1. The van der Waals surface area contributed by atoms with Gasteiger partial charge in [-0.15, -0.1) is 23.5 Å². The predicted octanol–water partition coefficient (Wildman–Crippen LogP) is 3.72. The fourth-order valence-corrected chi connectivity index (χ4v) is 3.90. The number of halogens is 3. The highest BCUT2D eigenvalue weighted by atomic mass is 32.2. The fourth-order valence-electron chi connectivity index (χ4n) is 1.32. The summed E-state index contributed by atoms with van der Waals surface area (Å²) in [5.74, 6) is -0.201. The Morgan fingerprint density at radius 3 is 2.41 bits per heavy atom. The van der Waals surface area contributed by atoms with Crippen LogP contribution in [-0.2, 0) is 0 Å². The second kappa shape index (κ2) is 4.81. The lowest BCUT2D eigenvalue weighted by molar-refractivity contribution is -0.0888. The predicted molar refractivity (Wildman–Crippen MR) is 61.0 cm³/mol. The molecule has 1 aromatic rings. The Morgan fingerprint density at radius 1 is 1.29 bits per heavy atom. The van der Waals surface area contributed by atoms with Crippen molar-refractivity contribution in [2.24, 2.45) is 0 Å². The molecular weight excluding hydrogens is 273 g/mol. The first-order chi connectivity index (χ1) is 8.00. The van der Waals surface area contributed by atoms with Crippen LogP contribution in [0.5, 0.6) is 0 Å². The number of alkyl halides is 3. The number of carbonyl (C=O) groups excluding carboxylic acids is 1. The summed E-state index contributed by atoms with van der Waals surface area (Å²) in [5.41, 5.74) is -1.11. The molecule has 0 aliphatic carbocycles. The van der Waals surface area contributed by atoms with Gasteiger partial charge in [0.15, 0.2) is 5.76 Å². The summed E-state index contributed by atoms with van der Waals surface area (Å²) in [5, 5.41) is 0. The molecule has 1 fully saturated rings. The maximum atomic E-state index is 12.9. The monoisotopic (exact) mass is 280 g/mol. The first-order valence-electron chi connectivity index (χ1n) is 4.65. The Hall–Kier alpha value is -0.820. The van der Waals surface area contributed by atoms with Gasteiger partial charge < -0.3 is 4.42 Å². The average molecular weight is 280 g/mol. The van der Waals surface area contributed by atoms with Crippen LogP contribution < -0.4 is 0 Å². The molecule has 0 unspecified atom stereocenters. The normalized spacial score (nSPS) is 16.3. The fraction of sp³-hybridized carbons (Fsp3) is 0.300. The van der Waals surface area contributed by atoms with E-state index in [1.54, 1.807) is 0 Å². The molecule has 2 heterocycles. The van der Waals surface area contributed by atoms with E-state index in [9.17, 15) is 18.0 Å². The number of ketones is 1. The molecule has 0 bridgehead atoms. The molecule has 17 heavy (non-hydrogen) atoms. The second-order valence-electron chi connectivity index (χ2n) is 3.16. The van der Waals surface area contributed by atoms with E-state index in [1.807, 2.05) is 0 Å². The Bertz CT molecular complexity index is 441. The minimum absolute atomic E-state index is 0.0406. The third kappa shape index (κ3) is 2.71. The molecule has 0 amide bonds. The van der Waals surface area contributed by atoms with Gasteiger partial charge in [0.05, 0.1) is 10.5 Å². The summed E-state index contributed by atoms with van der Waals surface area (Å²) in [6.45, 7) is 0. The standard InChI is InChI=1S/C10H7F3O2S2/c11-10(12,13)7(9-16-4-5-17-9)8(14)6-2-1-3-15-6/h1-3H,4-5H2. The molecule has 0 radical (unpaired) electrons. The van der Waals surface area contributed by atoms with Crippen LogP contribution in [0.2, 0.25) is 0 Å². The lowest BCUT2D eigenvalue weighted by atomic mass is 10.1. The number of hydrogen-bond donors (Lipinski definition) is 0. The van der Waals surface area contributed by atoms with Gasteiger partial charge >= 0.3 is 6.18 Å². The van der Waals surface area contributed by atoms with E-state index < -0.39 is 17.5 Å². The molecule has 0 spiro atoms. The average Bonchev–Trinajstić information content (AvgIpc) is 2.87. The van der Waals surface area contributed by atoms with Crippen molar-refractivity contribution in [2.75, 3.05) is 11.5 Å². The highest BCUT2D eigenvalue weighted by molar-refractivity contribution is 8.25. The molecule has 0 N–H and O–H groups in total. The number of thioether (sulfide) groups is 2. The molecule has 92 valence electrons. The zero-order valence-electron chi connectivity index (χ0n) is 8.41. The summed E-state index contributed by atoms with van der Waals surface area (Å²) in [6.07, 6.45) is -3.47. The Kier molecular flexibility index (Phi) is 3.58. The summed E-state index contributed by atoms with van der Waals surface area (Å²) in [7, 11) is 0. The number of rotatable bonds is 2. The second-order valence-corrected chi connectivity index (χ2v) is 5.63. The van der Waals surface area contributed by atoms with Crippen molar-refractivity contribution in [3.05, 3.63) is 34.0 Å². The van der Waals surface area contributed by atoms with Crippen molar-refractivity contribution in [3.8, 4) is 0 Å². The van der Waals surface area contributed by atoms with E-state index in [2.05, 4.69) is 0 Å². The third-order valence-electron chi connectivity index (χ3n) is 2.01. The van der Waals surface area contributed by atoms with Crippen LogP contribution in [0.1, 0.15) is 10.6 Å². The van der Waals surface area contributed by atoms with Crippen LogP contribution in [0.25, 0.3) is 0 Å². The van der Waals surface area contributed by atoms with E-state index in [0.717, 1.165) is 23.5 Å². The van der Waals surface area contributed by atoms with Gasteiger partial charge in [0.1, 0.15) is 5.57 Å². The molecule has 1 saturated heterocycles. The third-order valence-corrected chi connectivity index (χ3v) is 4.72. The van der Waals surface area contributed by atoms with Crippen LogP contribution in [0.15, 0.2) is 32.6 Å². The van der Waals surface area contributed by atoms with Gasteiger partial charge in [0.2, 0.25) is 5.78 Å². The topological polar surface area (TPSA) is 30.2 Å². The molecule has 2 nitrogen and oxygen atoms in total. The van der Waals surface area contributed by atoms with E-state index in [1.165, 1.54) is 18.4 Å². The zero-order valence-corrected chi connectivity index (χ0v) is 10.0. The van der Waals surface area contributed by atoms with E-state index in [4.69, 9.17) is 4.42 Å². The molecule has 0 aromatic carbocycles. The highest BCUT2D eigenvalue weighted by Gasteiger charge is 2.43. The van der Waals surface area contributed by atoms with Crippen LogP contribution in [0.3, 0.4) is 0 Å². The maximum Gasteiger partial charge on any atom is 0.421 e. The SMILES string of the molecule is O=C(C(=C1SCCS1)C(F)(F)F)c1ccco1. The van der Waals surface area contributed by atoms with Crippen LogP contribution in [0, 0.1) is 0 Å².